The van der Waals surface area contributed by atoms with Gasteiger partial charge in [0, 0.05) is 7.05 Å². The van der Waals surface area contributed by atoms with Crippen LogP contribution in [0.2, 0.25) is 0 Å². The van der Waals surface area contributed by atoms with Gasteiger partial charge in [-0.05, 0) is 22.9 Å². The van der Waals surface area contributed by atoms with Gasteiger partial charge in [-0.1, -0.05) is 5.21 Å². The minimum Gasteiger partial charge on any atom is -0.300 e. The van der Waals surface area contributed by atoms with Gasteiger partial charge >= 0.3 is 0 Å². The topological polar surface area (TPSA) is 47.8 Å². The van der Waals surface area contributed by atoms with Gasteiger partial charge in [-0.2, -0.15) is 0 Å². The van der Waals surface area contributed by atoms with Crippen LogP contribution in [0.15, 0.2) is 4.60 Å². The zero-order valence-corrected chi connectivity index (χ0v) is 7.92. The number of aryl methyl sites for hydroxylation is 1. The standard InChI is InChI=1S/C6H8BrN3O/c1-4(11)3-5-6(7)8-9-10(5)2/h3H2,1-2H3. The first-order valence-electron chi connectivity index (χ1n) is 3.14. The molecule has 0 aliphatic carbocycles. The van der Waals surface area contributed by atoms with E-state index in [0.717, 1.165) is 5.69 Å². The van der Waals surface area contributed by atoms with Crippen LogP contribution in [0.25, 0.3) is 0 Å². The molecule has 1 aromatic rings. The predicted octanol–water partition coefficient (Wildman–Crippen LogP) is 0.709. The van der Waals surface area contributed by atoms with Crippen molar-refractivity contribution in [1.82, 2.24) is 15.0 Å². The number of hydrogen-bond acceptors (Lipinski definition) is 3. The second kappa shape index (κ2) is 3.13. The number of hydrogen-bond donors (Lipinski definition) is 0. The van der Waals surface area contributed by atoms with Crippen LogP contribution in [0.3, 0.4) is 0 Å². The third-order valence-electron chi connectivity index (χ3n) is 1.31. The molecule has 1 heterocycles. The highest BCUT2D eigenvalue weighted by Crippen LogP contribution is 2.11. The molecule has 1 aromatic heterocycles. The number of Topliss-reactive ketones (excluding diaryl/α,β-unsaturated/α-hetero) is 1. The van der Waals surface area contributed by atoms with Gasteiger partial charge in [-0.3, -0.25) is 9.48 Å². The molecule has 0 aliphatic rings. The molecule has 0 radical (unpaired) electrons. The molecule has 0 bridgehead atoms. The second-order valence-electron chi connectivity index (χ2n) is 2.33. The van der Waals surface area contributed by atoms with Crippen molar-refractivity contribution in [2.45, 2.75) is 13.3 Å². The number of rotatable bonds is 2. The molecule has 1 rings (SSSR count). The molecule has 0 N–H and O–H groups in total. The number of ketones is 1. The summed E-state index contributed by atoms with van der Waals surface area (Å²) in [5.74, 6) is 0.108. The van der Waals surface area contributed by atoms with Crippen molar-refractivity contribution in [2.75, 3.05) is 0 Å². The molecular formula is C6H8BrN3O. The highest BCUT2D eigenvalue weighted by molar-refractivity contribution is 9.10. The van der Waals surface area contributed by atoms with E-state index < -0.39 is 0 Å². The van der Waals surface area contributed by atoms with Crippen LogP contribution in [0, 0.1) is 0 Å². The summed E-state index contributed by atoms with van der Waals surface area (Å²) in [6.45, 7) is 1.54. The molecule has 60 valence electrons. The Morgan fingerprint density at radius 1 is 1.73 bits per heavy atom. The predicted molar refractivity (Wildman–Crippen MR) is 43.1 cm³/mol. The van der Waals surface area contributed by atoms with Gasteiger partial charge in [0.15, 0.2) is 4.60 Å². The maximum atomic E-state index is 10.7. The Labute approximate surface area is 72.7 Å². The fourth-order valence-electron chi connectivity index (χ4n) is 0.775. The SMILES string of the molecule is CC(=O)Cc1c(Br)nnn1C. The van der Waals surface area contributed by atoms with E-state index in [4.69, 9.17) is 0 Å². The summed E-state index contributed by atoms with van der Waals surface area (Å²) in [5, 5.41) is 7.48. The minimum atomic E-state index is 0.108. The maximum Gasteiger partial charge on any atom is 0.152 e. The number of carbonyl (C=O) groups excluding carboxylic acids is 1. The number of aromatic nitrogens is 3. The Morgan fingerprint density at radius 3 is 2.73 bits per heavy atom. The third kappa shape index (κ3) is 1.86. The summed E-state index contributed by atoms with van der Waals surface area (Å²) in [4.78, 5) is 10.7. The molecule has 0 unspecified atom stereocenters. The number of halogens is 1. The Morgan fingerprint density at radius 2 is 2.36 bits per heavy atom. The fourth-order valence-corrected chi connectivity index (χ4v) is 1.24. The van der Waals surface area contributed by atoms with Gasteiger partial charge in [0.05, 0.1) is 12.1 Å². The van der Waals surface area contributed by atoms with Crippen LogP contribution >= 0.6 is 15.9 Å². The lowest BCUT2D eigenvalue weighted by Crippen LogP contribution is -2.04. The van der Waals surface area contributed by atoms with Gasteiger partial charge in [0.1, 0.15) is 5.78 Å². The van der Waals surface area contributed by atoms with Gasteiger partial charge in [0.25, 0.3) is 0 Å². The maximum absolute atomic E-state index is 10.7. The Balaban J connectivity index is 2.92. The molecule has 0 spiro atoms. The first-order valence-corrected chi connectivity index (χ1v) is 3.94. The molecule has 0 fully saturated rings. The van der Waals surface area contributed by atoms with Crippen molar-refractivity contribution in [3.05, 3.63) is 10.3 Å². The molecule has 0 atom stereocenters. The molecule has 5 heteroatoms. The first-order chi connectivity index (χ1) is 5.11. The van der Waals surface area contributed by atoms with Gasteiger partial charge in [-0.15, -0.1) is 5.10 Å². The molecule has 0 amide bonds. The Bertz CT molecular complexity index is 262. The minimum absolute atomic E-state index is 0.108. The van der Waals surface area contributed by atoms with E-state index >= 15 is 0 Å². The third-order valence-corrected chi connectivity index (χ3v) is 1.93. The van der Waals surface area contributed by atoms with Gasteiger partial charge in [-0.25, -0.2) is 0 Å². The summed E-state index contributed by atoms with van der Waals surface area (Å²) < 4.78 is 2.24. The van der Waals surface area contributed by atoms with Crippen LogP contribution in [-0.4, -0.2) is 20.8 Å². The van der Waals surface area contributed by atoms with Crippen LogP contribution in [0.1, 0.15) is 12.6 Å². The second-order valence-corrected chi connectivity index (χ2v) is 3.08. The van der Waals surface area contributed by atoms with E-state index in [1.54, 1.807) is 18.7 Å². The number of carbonyl (C=O) groups is 1. The zero-order chi connectivity index (χ0) is 8.43. The summed E-state index contributed by atoms with van der Waals surface area (Å²) >= 11 is 3.20. The van der Waals surface area contributed by atoms with E-state index in [1.807, 2.05) is 0 Å². The summed E-state index contributed by atoms with van der Waals surface area (Å²) in [5.41, 5.74) is 0.817. The lowest BCUT2D eigenvalue weighted by Gasteiger charge is -1.95. The zero-order valence-electron chi connectivity index (χ0n) is 6.33. The van der Waals surface area contributed by atoms with Crippen molar-refractivity contribution in [3.8, 4) is 0 Å². The Hall–Kier alpha value is -0.710. The van der Waals surface area contributed by atoms with Crippen LogP contribution < -0.4 is 0 Å². The molecular weight excluding hydrogens is 210 g/mol. The number of nitrogens with zero attached hydrogens (tertiary/aromatic N) is 3. The highest BCUT2D eigenvalue weighted by atomic mass is 79.9. The summed E-state index contributed by atoms with van der Waals surface area (Å²) in [6.07, 6.45) is 0.379. The molecule has 0 aliphatic heterocycles. The van der Waals surface area contributed by atoms with E-state index in [-0.39, 0.29) is 5.78 Å². The van der Waals surface area contributed by atoms with E-state index in [1.165, 1.54) is 0 Å². The van der Waals surface area contributed by atoms with Crippen molar-refractivity contribution >= 4 is 21.7 Å². The average molecular weight is 218 g/mol. The molecule has 11 heavy (non-hydrogen) atoms. The molecule has 4 nitrogen and oxygen atoms in total. The van der Waals surface area contributed by atoms with Crippen molar-refractivity contribution in [3.63, 3.8) is 0 Å². The highest BCUT2D eigenvalue weighted by Gasteiger charge is 2.08. The Kier molecular flexibility index (Phi) is 2.38. The lowest BCUT2D eigenvalue weighted by atomic mass is 10.2. The largest absolute Gasteiger partial charge is 0.300 e. The van der Waals surface area contributed by atoms with Gasteiger partial charge in [0.2, 0.25) is 0 Å². The van der Waals surface area contributed by atoms with Crippen molar-refractivity contribution < 1.29 is 4.79 Å². The molecule has 0 saturated heterocycles. The van der Waals surface area contributed by atoms with Gasteiger partial charge < -0.3 is 0 Å². The molecule has 0 aromatic carbocycles. The average Bonchev–Trinajstić information content (AvgIpc) is 2.18. The normalized spacial score (nSPS) is 10.1. The van der Waals surface area contributed by atoms with E-state index in [0.29, 0.717) is 11.0 Å². The van der Waals surface area contributed by atoms with Crippen molar-refractivity contribution in [2.24, 2.45) is 7.05 Å². The monoisotopic (exact) mass is 217 g/mol. The van der Waals surface area contributed by atoms with Crippen LogP contribution in [0.5, 0.6) is 0 Å². The van der Waals surface area contributed by atoms with E-state index in [9.17, 15) is 4.79 Å². The fraction of sp³-hybridized carbons (Fsp3) is 0.500. The summed E-state index contributed by atoms with van der Waals surface area (Å²) in [7, 11) is 1.76. The van der Waals surface area contributed by atoms with E-state index in [2.05, 4.69) is 26.2 Å². The lowest BCUT2D eigenvalue weighted by molar-refractivity contribution is -0.116. The first kappa shape index (κ1) is 8.39. The molecule has 0 saturated carbocycles. The van der Waals surface area contributed by atoms with Crippen LogP contribution in [-0.2, 0) is 18.3 Å². The van der Waals surface area contributed by atoms with Crippen LogP contribution in [0.4, 0.5) is 0 Å². The smallest absolute Gasteiger partial charge is 0.152 e. The summed E-state index contributed by atoms with van der Waals surface area (Å²) in [6, 6.07) is 0. The quantitative estimate of drug-likeness (QED) is 0.734. The van der Waals surface area contributed by atoms with Crippen molar-refractivity contribution in [1.29, 1.82) is 0 Å².